The van der Waals surface area contributed by atoms with Crippen molar-refractivity contribution in [3.8, 4) is 0 Å². The van der Waals surface area contributed by atoms with Crippen molar-refractivity contribution < 1.29 is 14.4 Å². The summed E-state index contributed by atoms with van der Waals surface area (Å²) in [5.41, 5.74) is 6.41. The Morgan fingerprint density at radius 2 is 1.50 bits per heavy atom. The zero-order valence-corrected chi connectivity index (χ0v) is 14.9. The molecule has 0 aromatic heterocycles. The molecule has 7 heteroatoms. The molecule has 0 saturated heterocycles. The molecule has 0 fully saturated rings. The van der Waals surface area contributed by atoms with Crippen LogP contribution in [0.2, 0.25) is 0 Å². The quantitative estimate of drug-likeness (QED) is 0.707. The summed E-state index contributed by atoms with van der Waals surface area (Å²) in [5, 5.41) is 2.57. The summed E-state index contributed by atoms with van der Waals surface area (Å²) >= 11 is 0. The van der Waals surface area contributed by atoms with E-state index < -0.39 is 17.9 Å². The molecule has 2 aromatic rings. The highest BCUT2D eigenvalue weighted by Crippen LogP contribution is 2.12. The van der Waals surface area contributed by atoms with Crippen molar-refractivity contribution in [1.82, 2.24) is 16.2 Å². The summed E-state index contributed by atoms with van der Waals surface area (Å²) in [4.78, 5) is 38.1. The maximum absolute atomic E-state index is 12.2. The van der Waals surface area contributed by atoms with Gasteiger partial charge in [0.05, 0.1) is 0 Å². The number of amides is 3. The van der Waals surface area contributed by atoms with Crippen molar-refractivity contribution in [2.75, 3.05) is 19.0 Å². The number of rotatable bonds is 5. The standard InChI is InChI=1S/C19H22N4O3/c1-13(20-18(25)14-8-5-4-6-9-14)17(24)21-22-19(26)15-10-7-11-16(12-15)23(2)3/h4-13H,1-3H3,(H,20,25)(H,21,24)(H,22,26). The van der Waals surface area contributed by atoms with E-state index >= 15 is 0 Å². The zero-order valence-electron chi connectivity index (χ0n) is 14.9. The van der Waals surface area contributed by atoms with Gasteiger partial charge in [-0.1, -0.05) is 24.3 Å². The fourth-order valence-electron chi connectivity index (χ4n) is 2.16. The van der Waals surface area contributed by atoms with Crippen LogP contribution in [0.4, 0.5) is 5.69 Å². The minimum absolute atomic E-state index is 0.363. The van der Waals surface area contributed by atoms with E-state index in [0.717, 1.165) is 5.69 Å². The maximum Gasteiger partial charge on any atom is 0.269 e. The third kappa shape index (κ3) is 5.07. The second-order valence-electron chi connectivity index (χ2n) is 5.95. The zero-order chi connectivity index (χ0) is 19.1. The molecular formula is C19H22N4O3. The van der Waals surface area contributed by atoms with E-state index in [1.54, 1.807) is 48.5 Å². The van der Waals surface area contributed by atoms with E-state index in [1.165, 1.54) is 6.92 Å². The van der Waals surface area contributed by atoms with Crippen molar-refractivity contribution in [2.24, 2.45) is 0 Å². The molecule has 1 unspecified atom stereocenters. The van der Waals surface area contributed by atoms with Crippen molar-refractivity contribution in [3.05, 3.63) is 65.7 Å². The van der Waals surface area contributed by atoms with Crippen LogP contribution in [-0.2, 0) is 4.79 Å². The van der Waals surface area contributed by atoms with Gasteiger partial charge in [0.2, 0.25) is 0 Å². The minimum atomic E-state index is -0.809. The van der Waals surface area contributed by atoms with Gasteiger partial charge >= 0.3 is 0 Å². The minimum Gasteiger partial charge on any atom is -0.378 e. The van der Waals surface area contributed by atoms with Gasteiger partial charge in [0.15, 0.2) is 0 Å². The highest BCUT2D eigenvalue weighted by molar-refractivity contribution is 5.99. The van der Waals surface area contributed by atoms with E-state index in [-0.39, 0.29) is 5.91 Å². The van der Waals surface area contributed by atoms with E-state index in [9.17, 15) is 14.4 Å². The van der Waals surface area contributed by atoms with Crippen LogP contribution in [0.3, 0.4) is 0 Å². The normalized spacial score (nSPS) is 11.2. The number of carbonyl (C=O) groups is 3. The molecule has 0 aliphatic carbocycles. The predicted octanol–water partition coefficient (Wildman–Crippen LogP) is 1.33. The molecular weight excluding hydrogens is 332 g/mol. The number of hydrazine groups is 1. The molecule has 0 heterocycles. The molecule has 0 saturated carbocycles. The Labute approximate surface area is 152 Å². The van der Waals surface area contributed by atoms with Crippen LogP contribution in [0, 0.1) is 0 Å². The SMILES string of the molecule is CC(NC(=O)c1ccccc1)C(=O)NNC(=O)c1cccc(N(C)C)c1. The fourth-order valence-corrected chi connectivity index (χ4v) is 2.16. The molecule has 0 aliphatic heterocycles. The fraction of sp³-hybridized carbons (Fsp3) is 0.211. The van der Waals surface area contributed by atoms with Gasteiger partial charge < -0.3 is 10.2 Å². The first-order valence-corrected chi connectivity index (χ1v) is 8.12. The van der Waals surface area contributed by atoms with Crippen molar-refractivity contribution in [1.29, 1.82) is 0 Å². The second kappa shape index (κ2) is 8.66. The van der Waals surface area contributed by atoms with Gasteiger partial charge in [-0.3, -0.25) is 25.2 Å². The molecule has 3 amide bonds. The Kier molecular flexibility index (Phi) is 6.32. The largest absolute Gasteiger partial charge is 0.378 e. The molecule has 0 radical (unpaired) electrons. The third-order valence-corrected chi connectivity index (χ3v) is 3.70. The first-order valence-electron chi connectivity index (χ1n) is 8.12. The van der Waals surface area contributed by atoms with Gasteiger partial charge in [0, 0.05) is 30.9 Å². The molecule has 136 valence electrons. The molecule has 0 spiro atoms. The van der Waals surface area contributed by atoms with Gasteiger partial charge in [0.25, 0.3) is 17.7 Å². The first kappa shape index (κ1) is 19.0. The highest BCUT2D eigenvalue weighted by atomic mass is 16.2. The molecule has 1 atom stereocenters. The number of nitrogens with zero attached hydrogens (tertiary/aromatic N) is 1. The Hall–Kier alpha value is -3.35. The number of hydrogen-bond acceptors (Lipinski definition) is 4. The van der Waals surface area contributed by atoms with Crippen LogP contribution >= 0.6 is 0 Å². The van der Waals surface area contributed by atoms with Crippen LogP contribution in [0.5, 0.6) is 0 Å². The molecule has 2 rings (SSSR count). The topological polar surface area (TPSA) is 90.5 Å². The lowest BCUT2D eigenvalue weighted by molar-refractivity contribution is -0.123. The molecule has 0 bridgehead atoms. The summed E-state index contributed by atoms with van der Waals surface area (Å²) in [7, 11) is 3.74. The van der Waals surface area contributed by atoms with E-state index in [2.05, 4.69) is 16.2 Å². The lowest BCUT2D eigenvalue weighted by atomic mass is 10.2. The second-order valence-corrected chi connectivity index (χ2v) is 5.95. The summed E-state index contributed by atoms with van der Waals surface area (Å²) in [6.07, 6.45) is 0. The lowest BCUT2D eigenvalue weighted by Crippen LogP contribution is -2.51. The summed E-state index contributed by atoms with van der Waals surface area (Å²) in [6, 6.07) is 14.8. The van der Waals surface area contributed by atoms with E-state index in [4.69, 9.17) is 0 Å². The molecule has 3 N–H and O–H groups in total. The Bertz CT molecular complexity index is 790. The number of anilines is 1. The van der Waals surface area contributed by atoms with Gasteiger partial charge in [-0.2, -0.15) is 0 Å². The highest BCUT2D eigenvalue weighted by Gasteiger charge is 2.17. The maximum atomic E-state index is 12.2. The van der Waals surface area contributed by atoms with Crippen LogP contribution in [0.1, 0.15) is 27.6 Å². The van der Waals surface area contributed by atoms with Crippen LogP contribution < -0.4 is 21.1 Å². The number of benzene rings is 2. The van der Waals surface area contributed by atoms with Crippen LogP contribution in [0.15, 0.2) is 54.6 Å². The first-order chi connectivity index (χ1) is 12.4. The lowest BCUT2D eigenvalue weighted by Gasteiger charge is -2.16. The molecule has 0 aliphatic rings. The third-order valence-electron chi connectivity index (χ3n) is 3.70. The molecule has 7 nitrogen and oxygen atoms in total. The smallest absolute Gasteiger partial charge is 0.269 e. The summed E-state index contributed by atoms with van der Waals surface area (Å²) in [6.45, 7) is 1.54. The Morgan fingerprint density at radius 1 is 0.846 bits per heavy atom. The van der Waals surface area contributed by atoms with Crippen molar-refractivity contribution in [2.45, 2.75) is 13.0 Å². The van der Waals surface area contributed by atoms with Crippen molar-refractivity contribution in [3.63, 3.8) is 0 Å². The van der Waals surface area contributed by atoms with Gasteiger partial charge in [-0.25, -0.2) is 0 Å². The summed E-state index contributed by atoms with van der Waals surface area (Å²) < 4.78 is 0. The molecule has 2 aromatic carbocycles. The van der Waals surface area contributed by atoms with Crippen LogP contribution in [-0.4, -0.2) is 37.9 Å². The van der Waals surface area contributed by atoms with Crippen LogP contribution in [0.25, 0.3) is 0 Å². The predicted molar refractivity (Wildman–Crippen MR) is 99.7 cm³/mol. The van der Waals surface area contributed by atoms with Gasteiger partial charge in [0.1, 0.15) is 6.04 Å². The number of nitrogens with one attached hydrogen (secondary N) is 3. The Morgan fingerprint density at radius 3 is 2.15 bits per heavy atom. The average Bonchev–Trinajstić information content (AvgIpc) is 2.66. The average molecular weight is 354 g/mol. The van der Waals surface area contributed by atoms with Crippen molar-refractivity contribution >= 4 is 23.4 Å². The summed E-state index contributed by atoms with van der Waals surface area (Å²) in [5.74, 6) is -1.33. The van der Waals surface area contributed by atoms with Gasteiger partial charge in [-0.05, 0) is 37.3 Å². The molecule has 26 heavy (non-hydrogen) atoms. The number of carbonyl (C=O) groups excluding carboxylic acids is 3. The monoisotopic (exact) mass is 354 g/mol. The number of hydrogen-bond donors (Lipinski definition) is 3. The van der Waals surface area contributed by atoms with E-state index in [1.807, 2.05) is 25.1 Å². The van der Waals surface area contributed by atoms with E-state index in [0.29, 0.717) is 11.1 Å². The Balaban J connectivity index is 1.88. The van der Waals surface area contributed by atoms with Gasteiger partial charge in [-0.15, -0.1) is 0 Å².